The molecule has 35 heavy (non-hydrogen) atoms. The summed E-state index contributed by atoms with van der Waals surface area (Å²) in [6.07, 6.45) is 2.31. The van der Waals surface area contributed by atoms with E-state index >= 15 is 0 Å². The highest BCUT2D eigenvalue weighted by Crippen LogP contribution is 2.43. The molecule has 0 radical (unpaired) electrons. The number of benzene rings is 2. The van der Waals surface area contributed by atoms with E-state index in [9.17, 15) is 14.4 Å². The molecule has 186 valence electrons. The Kier molecular flexibility index (Phi) is 9.73. The molecule has 4 rings (SSSR count). The Labute approximate surface area is 212 Å². The van der Waals surface area contributed by atoms with Gasteiger partial charge >= 0.3 is 17.9 Å². The van der Waals surface area contributed by atoms with Crippen LogP contribution in [0.3, 0.4) is 0 Å². The average molecular weight is 519 g/mol. The molecule has 0 aliphatic carbocycles. The third-order valence-electron chi connectivity index (χ3n) is 5.79. The van der Waals surface area contributed by atoms with E-state index in [1.165, 1.54) is 20.9 Å². The summed E-state index contributed by atoms with van der Waals surface area (Å²) in [5, 5.41) is 25.3. The fraction of sp³-hybridized carbons (Fsp3) is 0.320. The second-order valence-electron chi connectivity index (χ2n) is 8.14. The number of fused-ring (bicyclic) bond motifs is 2. The van der Waals surface area contributed by atoms with E-state index in [1.807, 2.05) is 17.8 Å². The van der Waals surface area contributed by atoms with Crippen molar-refractivity contribution in [2.75, 3.05) is 32.7 Å². The largest absolute Gasteiger partial charge is 0.481 e. The van der Waals surface area contributed by atoms with Gasteiger partial charge in [-0.2, -0.15) is 0 Å². The van der Waals surface area contributed by atoms with E-state index in [1.54, 1.807) is 0 Å². The summed E-state index contributed by atoms with van der Waals surface area (Å²) >= 11 is 8.18. The predicted octanol–water partition coefficient (Wildman–Crippen LogP) is 3.89. The summed E-state index contributed by atoms with van der Waals surface area (Å²) in [6.45, 7) is 4.35. The maximum Gasteiger partial charge on any atom is 0.328 e. The van der Waals surface area contributed by atoms with Gasteiger partial charge in [0.15, 0.2) is 0 Å². The molecule has 1 atom stereocenters. The number of rotatable bonds is 6. The van der Waals surface area contributed by atoms with Gasteiger partial charge in [-0.15, -0.1) is 0 Å². The zero-order valence-corrected chi connectivity index (χ0v) is 20.5. The molecule has 0 aromatic heterocycles. The number of nitrogens with zero attached hydrogens (tertiary/aromatic N) is 2. The number of hydrogen-bond acceptors (Lipinski definition) is 6. The topological polar surface area (TPSA) is 118 Å². The summed E-state index contributed by atoms with van der Waals surface area (Å²) in [6, 6.07) is 15.2. The number of aliphatic carboxylic acids is 3. The van der Waals surface area contributed by atoms with E-state index < -0.39 is 17.9 Å². The van der Waals surface area contributed by atoms with Crippen molar-refractivity contribution in [2.24, 2.45) is 0 Å². The maximum atomic E-state index is 10.8. The van der Waals surface area contributed by atoms with Crippen LogP contribution in [-0.4, -0.2) is 75.8 Å². The number of piperazine rings is 1. The Balaban J connectivity index is 0.000000371. The van der Waals surface area contributed by atoms with Crippen molar-refractivity contribution in [1.29, 1.82) is 0 Å². The molecule has 2 aliphatic heterocycles. The molecule has 2 heterocycles. The van der Waals surface area contributed by atoms with Crippen molar-refractivity contribution in [3.05, 3.63) is 70.8 Å². The zero-order chi connectivity index (χ0) is 25.4. The van der Waals surface area contributed by atoms with Crippen molar-refractivity contribution in [2.45, 2.75) is 28.7 Å². The molecule has 0 bridgehead atoms. The van der Waals surface area contributed by atoms with Gasteiger partial charge in [-0.1, -0.05) is 41.6 Å². The third kappa shape index (κ3) is 8.10. The van der Waals surface area contributed by atoms with Gasteiger partial charge in [0.25, 0.3) is 0 Å². The van der Waals surface area contributed by atoms with Crippen LogP contribution in [0.1, 0.15) is 23.6 Å². The van der Waals surface area contributed by atoms with Gasteiger partial charge in [-0.3, -0.25) is 9.69 Å². The second-order valence-corrected chi connectivity index (χ2v) is 9.66. The molecule has 1 fully saturated rings. The number of carboxylic acid groups (broad SMARTS) is 3. The number of hydrogen-bond donors (Lipinski definition) is 3. The lowest BCUT2D eigenvalue weighted by atomic mass is 9.96. The molecule has 2 aromatic rings. The van der Waals surface area contributed by atoms with Crippen LogP contribution < -0.4 is 0 Å². The van der Waals surface area contributed by atoms with Gasteiger partial charge in [0.05, 0.1) is 6.42 Å². The van der Waals surface area contributed by atoms with Crippen LogP contribution in [0.5, 0.6) is 0 Å². The van der Waals surface area contributed by atoms with E-state index in [2.05, 4.69) is 46.2 Å². The van der Waals surface area contributed by atoms with Crippen LogP contribution >= 0.6 is 23.4 Å². The van der Waals surface area contributed by atoms with E-state index in [0.717, 1.165) is 37.6 Å². The van der Waals surface area contributed by atoms with Crippen molar-refractivity contribution in [1.82, 2.24) is 9.80 Å². The molecular formula is C25H27ClN2O6S. The normalized spacial score (nSPS) is 18.0. The van der Waals surface area contributed by atoms with Crippen LogP contribution in [0, 0.1) is 0 Å². The number of carboxylic acids is 3. The molecule has 0 amide bonds. The first-order valence-electron chi connectivity index (χ1n) is 11.1. The Hall–Kier alpha value is -2.85. The van der Waals surface area contributed by atoms with Crippen molar-refractivity contribution in [3.8, 4) is 0 Å². The highest BCUT2D eigenvalue weighted by Gasteiger charge is 2.30. The molecule has 3 N–H and O–H groups in total. The number of halogens is 1. The molecule has 2 aromatic carbocycles. The molecule has 0 spiro atoms. The lowest BCUT2D eigenvalue weighted by Crippen LogP contribution is -2.48. The summed E-state index contributed by atoms with van der Waals surface area (Å²) in [5.41, 5.74) is 2.69. The van der Waals surface area contributed by atoms with E-state index in [0.29, 0.717) is 24.7 Å². The SMILES string of the molecule is O=C(O)/C=C/C(=O)O.O=C(O)CCN1CCN(C2Cc3ccccc3Sc3ccc(Cl)cc32)CC1. The fourth-order valence-corrected chi connectivity index (χ4v) is 5.40. The van der Waals surface area contributed by atoms with Crippen LogP contribution in [0.2, 0.25) is 5.02 Å². The van der Waals surface area contributed by atoms with Crippen LogP contribution in [0.25, 0.3) is 0 Å². The van der Waals surface area contributed by atoms with Crippen LogP contribution in [0.15, 0.2) is 64.4 Å². The minimum Gasteiger partial charge on any atom is -0.481 e. The molecule has 0 saturated carbocycles. The molecule has 1 saturated heterocycles. The van der Waals surface area contributed by atoms with Crippen molar-refractivity contribution >= 4 is 41.3 Å². The minimum absolute atomic E-state index is 0.214. The molecular weight excluding hydrogens is 492 g/mol. The molecule has 10 heteroatoms. The van der Waals surface area contributed by atoms with Crippen LogP contribution in [0.4, 0.5) is 0 Å². The second kappa shape index (κ2) is 12.7. The quantitative estimate of drug-likeness (QED) is 0.489. The van der Waals surface area contributed by atoms with Crippen LogP contribution in [-0.2, 0) is 20.8 Å². The predicted molar refractivity (Wildman–Crippen MR) is 133 cm³/mol. The van der Waals surface area contributed by atoms with E-state index in [-0.39, 0.29) is 6.42 Å². The Morgan fingerprint density at radius 2 is 1.60 bits per heavy atom. The number of carbonyl (C=O) groups is 3. The lowest BCUT2D eigenvalue weighted by Gasteiger charge is -2.39. The summed E-state index contributed by atoms with van der Waals surface area (Å²) in [4.78, 5) is 37.3. The molecule has 1 unspecified atom stereocenters. The standard InChI is InChI=1S/C21H23ClN2O2S.C4H4O4/c22-16-5-6-20-17(14-16)18(13-15-3-1-2-4-19(15)27-20)24-11-9-23(10-12-24)8-7-21(25)26;5-3(6)1-2-4(7)8/h1-6,14,18H,7-13H2,(H,25,26);1-2H,(H,5,6)(H,7,8)/b;2-1+. The highest BCUT2D eigenvalue weighted by molar-refractivity contribution is 7.99. The summed E-state index contributed by atoms with van der Waals surface area (Å²) in [5.74, 6) is -3.24. The van der Waals surface area contributed by atoms with Gasteiger partial charge in [0.2, 0.25) is 0 Å². The fourth-order valence-electron chi connectivity index (χ4n) is 4.10. The van der Waals surface area contributed by atoms with Gasteiger partial charge in [-0.25, -0.2) is 9.59 Å². The van der Waals surface area contributed by atoms with Crippen molar-refractivity contribution < 1.29 is 29.7 Å². The molecule has 8 nitrogen and oxygen atoms in total. The Bertz CT molecular complexity index is 1090. The van der Waals surface area contributed by atoms with Gasteiger partial charge in [0.1, 0.15) is 0 Å². The summed E-state index contributed by atoms with van der Waals surface area (Å²) in [7, 11) is 0. The van der Waals surface area contributed by atoms with E-state index in [4.69, 9.17) is 26.9 Å². The smallest absolute Gasteiger partial charge is 0.328 e. The first-order chi connectivity index (χ1) is 16.7. The van der Waals surface area contributed by atoms with Gasteiger partial charge < -0.3 is 20.2 Å². The zero-order valence-electron chi connectivity index (χ0n) is 19.0. The third-order valence-corrected chi connectivity index (χ3v) is 7.24. The van der Waals surface area contributed by atoms with Gasteiger partial charge in [-0.05, 0) is 41.8 Å². The van der Waals surface area contributed by atoms with Crippen molar-refractivity contribution in [3.63, 3.8) is 0 Å². The Morgan fingerprint density at radius 1 is 0.943 bits per heavy atom. The first-order valence-corrected chi connectivity index (χ1v) is 12.3. The highest BCUT2D eigenvalue weighted by atomic mass is 35.5. The average Bonchev–Trinajstić information content (AvgIpc) is 2.99. The first kappa shape index (κ1) is 26.7. The monoisotopic (exact) mass is 518 g/mol. The summed E-state index contributed by atoms with van der Waals surface area (Å²) < 4.78 is 0. The Morgan fingerprint density at radius 3 is 2.23 bits per heavy atom. The lowest BCUT2D eigenvalue weighted by molar-refractivity contribution is -0.137. The minimum atomic E-state index is -1.26. The maximum absolute atomic E-state index is 10.8. The molecule has 2 aliphatic rings. The van der Waals surface area contributed by atoms with Gasteiger partial charge in [0, 0.05) is 65.7 Å².